The molecule has 1 nitrogen and oxygen atoms in total. The van der Waals surface area contributed by atoms with Crippen molar-refractivity contribution in [3.05, 3.63) is 42.4 Å². The van der Waals surface area contributed by atoms with Crippen molar-refractivity contribution in [1.82, 2.24) is 0 Å². The molecule has 0 atom stereocenters. The van der Waals surface area contributed by atoms with E-state index in [9.17, 15) is 0 Å². The van der Waals surface area contributed by atoms with Crippen LogP contribution in [-0.4, -0.2) is 0 Å². The third kappa shape index (κ3) is 9.72. The zero-order chi connectivity index (χ0) is 13.6. The summed E-state index contributed by atoms with van der Waals surface area (Å²) in [5.41, 5.74) is 6.84. The minimum atomic E-state index is 1.08. The summed E-state index contributed by atoms with van der Waals surface area (Å²) in [5, 5.41) is 0. The minimum absolute atomic E-state index is 1.08. The van der Waals surface area contributed by atoms with Crippen molar-refractivity contribution in [3.63, 3.8) is 0 Å². The van der Waals surface area contributed by atoms with Crippen LogP contribution >= 0.6 is 0 Å². The Bertz CT molecular complexity index is 281. The van der Waals surface area contributed by atoms with Crippen molar-refractivity contribution in [2.75, 3.05) is 0 Å². The van der Waals surface area contributed by atoms with Gasteiger partial charge < -0.3 is 5.73 Å². The lowest BCUT2D eigenvalue weighted by atomic mass is 10.0. The summed E-state index contributed by atoms with van der Waals surface area (Å²) in [5.74, 6) is 0. The van der Waals surface area contributed by atoms with Gasteiger partial charge in [0.15, 0.2) is 0 Å². The van der Waals surface area contributed by atoms with Gasteiger partial charge in [0.25, 0.3) is 0 Å². The standard InChI is InChI=1S/C18H30N/c19-17-13-8-6-4-2-1-3-5-7-10-14-18-15-11-9-12-16-18/h9,11-12,15-17H,1-8,10,13-14,19H2. The fraction of sp³-hybridized carbons (Fsp3) is 0.611. The van der Waals surface area contributed by atoms with Crippen LogP contribution in [0.1, 0.15) is 69.8 Å². The first kappa shape index (κ1) is 16.2. The second-order valence-corrected chi connectivity index (χ2v) is 5.44. The molecule has 1 rings (SSSR count). The van der Waals surface area contributed by atoms with Crippen LogP contribution in [0.15, 0.2) is 30.3 Å². The van der Waals surface area contributed by atoms with Crippen molar-refractivity contribution in [2.24, 2.45) is 5.73 Å². The summed E-state index contributed by atoms with van der Waals surface area (Å²) in [6, 6.07) is 10.8. The highest BCUT2D eigenvalue weighted by Gasteiger charge is 1.94. The van der Waals surface area contributed by atoms with E-state index in [2.05, 4.69) is 30.3 Å². The number of aryl methyl sites for hydroxylation is 1. The average Bonchev–Trinajstić information content (AvgIpc) is 2.46. The first-order valence-corrected chi connectivity index (χ1v) is 8.01. The molecule has 0 unspecified atom stereocenters. The lowest BCUT2D eigenvalue weighted by Crippen LogP contribution is -1.89. The first-order chi connectivity index (χ1) is 9.43. The Morgan fingerprint density at radius 2 is 1.21 bits per heavy atom. The minimum Gasteiger partial charge on any atom is -0.326 e. The highest BCUT2D eigenvalue weighted by molar-refractivity contribution is 5.14. The Balaban J connectivity index is 1.79. The van der Waals surface area contributed by atoms with Crippen LogP contribution < -0.4 is 5.73 Å². The summed E-state index contributed by atoms with van der Waals surface area (Å²) < 4.78 is 0. The molecule has 1 radical (unpaired) electrons. The quantitative estimate of drug-likeness (QED) is 0.510. The molecule has 1 heteroatoms. The van der Waals surface area contributed by atoms with Crippen molar-refractivity contribution in [3.8, 4) is 0 Å². The number of hydrogen-bond donors (Lipinski definition) is 1. The summed E-state index contributed by atoms with van der Waals surface area (Å²) in [6.07, 6.45) is 14.7. The highest BCUT2D eigenvalue weighted by atomic mass is 14.5. The fourth-order valence-corrected chi connectivity index (χ4v) is 2.47. The molecule has 0 amide bonds. The van der Waals surface area contributed by atoms with Crippen LogP contribution in [0, 0.1) is 6.54 Å². The molecular weight excluding hydrogens is 230 g/mol. The van der Waals surface area contributed by atoms with E-state index >= 15 is 0 Å². The second-order valence-electron chi connectivity index (χ2n) is 5.44. The Labute approximate surface area is 119 Å². The van der Waals surface area contributed by atoms with Crippen LogP contribution in [-0.2, 0) is 6.42 Å². The van der Waals surface area contributed by atoms with Crippen molar-refractivity contribution in [2.45, 2.75) is 70.6 Å². The molecule has 19 heavy (non-hydrogen) atoms. The first-order valence-electron chi connectivity index (χ1n) is 8.01. The van der Waals surface area contributed by atoms with E-state index < -0.39 is 0 Å². The zero-order valence-corrected chi connectivity index (χ0v) is 12.3. The maximum absolute atomic E-state index is 5.35. The molecule has 0 saturated carbocycles. The summed E-state index contributed by atoms with van der Waals surface area (Å²) in [7, 11) is 0. The van der Waals surface area contributed by atoms with Gasteiger partial charge in [-0.05, 0) is 24.8 Å². The molecule has 0 fully saturated rings. The zero-order valence-electron chi connectivity index (χ0n) is 12.3. The summed E-state index contributed by atoms with van der Waals surface area (Å²) in [4.78, 5) is 0. The van der Waals surface area contributed by atoms with Crippen molar-refractivity contribution >= 4 is 0 Å². The monoisotopic (exact) mass is 260 g/mol. The normalized spacial score (nSPS) is 10.8. The predicted octanol–water partition coefficient (Wildman–Crippen LogP) is 5.25. The van der Waals surface area contributed by atoms with Gasteiger partial charge in [-0.25, -0.2) is 0 Å². The van der Waals surface area contributed by atoms with Crippen LogP contribution in [0.3, 0.4) is 0 Å². The van der Waals surface area contributed by atoms with Gasteiger partial charge in [0.1, 0.15) is 0 Å². The molecule has 1 aromatic rings. The maximum Gasteiger partial charge on any atom is 0.0192 e. The number of nitrogens with two attached hydrogens (primary N) is 1. The molecule has 2 N–H and O–H groups in total. The maximum atomic E-state index is 5.35. The molecule has 0 aliphatic carbocycles. The molecular formula is C18H30N. The Kier molecular flexibility index (Phi) is 10.4. The van der Waals surface area contributed by atoms with Gasteiger partial charge in [-0.2, -0.15) is 0 Å². The molecule has 0 spiro atoms. The molecule has 0 saturated heterocycles. The number of unbranched alkanes of at least 4 members (excludes halogenated alkanes) is 9. The average molecular weight is 260 g/mol. The SMILES string of the molecule is N[CH]CCCCCCCCCCCc1ccccc1. The van der Waals surface area contributed by atoms with Crippen LogP contribution in [0.2, 0.25) is 0 Å². The lowest BCUT2D eigenvalue weighted by Gasteiger charge is -2.03. The fourth-order valence-electron chi connectivity index (χ4n) is 2.47. The molecule has 0 heterocycles. The number of benzene rings is 1. The van der Waals surface area contributed by atoms with Crippen LogP contribution in [0.25, 0.3) is 0 Å². The molecule has 107 valence electrons. The van der Waals surface area contributed by atoms with Crippen molar-refractivity contribution < 1.29 is 0 Å². The van der Waals surface area contributed by atoms with E-state index in [1.807, 2.05) is 0 Å². The summed E-state index contributed by atoms with van der Waals surface area (Å²) in [6.45, 7) is 1.78. The smallest absolute Gasteiger partial charge is 0.0192 e. The lowest BCUT2D eigenvalue weighted by molar-refractivity contribution is 0.557. The number of hydrogen-bond acceptors (Lipinski definition) is 1. The van der Waals surface area contributed by atoms with Gasteiger partial charge in [0.05, 0.1) is 0 Å². The van der Waals surface area contributed by atoms with Gasteiger partial charge in [-0.3, -0.25) is 0 Å². The Morgan fingerprint density at radius 1 is 0.684 bits per heavy atom. The second kappa shape index (κ2) is 12.2. The molecule has 0 aliphatic heterocycles. The van der Waals surface area contributed by atoms with Crippen molar-refractivity contribution in [1.29, 1.82) is 0 Å². The van der Waals surface area contributed by atoms with E-state index in [1.54, 1.807) is 6.54 Å². The Hall–Kier alpha value is -0.820. The van der Waals surface area contributed by atoms with Crippen LogP contribution in [0.4, 0.5) is 0 Å². The van der Waals surface area contributed by atoms with Gasteiger partial charge in [0.2, 0.25) is 0 Å². The van der Waals surface area contributed by atoms with E-state index in [1.165, 1.54) is 69.8 Å². The highest BCUT2D eigenvalue weighted by Crippen LogP contribution is 2.12. The predicted molar refractivity (Wildman–Crippen MR) is 84.8 cm³/mol. The van der Waals surface area contributed by atoms with Gasteiger partial charge in [-0.1, -0.05) is 81.7 Å². The Morgan fingerprint density at radius 3 is 1.79 bits per heavy atom. The van der Waals surface area contributed by atoms with Gasteiger partial charge in [0, 0.05) is 6.54 Å². The topological polar surface area (TPSA) is 26.0 Å². The van der Waals surface area contributed by atoms with E-state index in [4.69, 9.17) is 5.73 Å². The molecule has 0 bridgehead atoms. The number of rotatable bonds is 12. The third-order valence-electron chi connectivity index (χ3n) is 3.68. The van der Waals surface area contributed by atoms with E-state index in [0.29, 0.717) is 0 Å². The largest absolute Gasteiger partial charge is 0.326 e. The van der Waals surface area contributed by atoms with Crippen LogP contribution in [0.5, 0.6) is 0 Å². The molecule has 0 aromatic heterocycles. The molecule has 0 aliphatic rings. The third-order valence-corrected chi connectivity index (χ3v) is 3.68. The van der Waals surface area contributed by atoms with Gasteiger partial charge in [-0.15, -0.1) is 0 Å². The summed E-state index contributed by atoms with van der Waals surface area (Å²) >= 11 is 0. The van der Waals surface area contributed by atoms with E-state index in [0.717, 1.165) is 6.42 Å². The van der Waals surface area contributed by atoms with E-state index in [-0.39, 0.29) is 0 Å². The van der Waals surface area contributed by atoms with Gasteiger partial charge >= 0.3 is 0 Å². The molecule has 1 aromatic carbocycles.